The van der Waals surface area contributed by atoms with Gasteiger partial charge in [0.25, 0.3) is 0 Å². The third kappa shape index (κ3) is 11.7. The van der Waals surface area contributed by atoms with Gasteiger partial charge in [0.1, 0.15) is 0 Å². The molecule has 24 heavy (non-hydrogen) atoms. The molecule has 0 saturated carbocycles. The minimum absolute atomic E-state index is 0.256. The van der Waals surface area contributed by atoms with Gasteiger partial charge in [-0.25, -0.2) is 0 Å². The Morgan fingerprint density at radius 1 is 1.08 bits per heavy atom. The Bertz CT molecular complexity index is 300. The van der Waals surface area contributed by atoms with Gasteiger partial charge in [-0.05, 0) is 65.1 Å². The molecule has 5 heteroatoms. The molecule has 0 aliphatic carbocycles. The molecule has 3 N–H and O–H groups in total. The maximum Gasteiger partial charge on any atom is 0.191 e. The molecule has 0 aromatic carbocycles. The number of guanidine groups is 1. The van der Waals surface area contributed by atoms with Crippen LogP contribution in [0.3, 0.4) is 0 Å². The van der Waals surface area contributed by atoms with E-state index in [9.17, 15) is 5.11 Å². The summed E-state index contributed by atoms with van der Waals surface area (Å²) in [4.78, 5) is 7.21. The minimum Gasteiger partial charge on any atom is -0.396 e. The van der Waals surface area contributed by atoms with Crippen molar-refractivity contribution in [2.45, 2.75) is 72.8 Å². The van der Waals surface area contributed by atoms with Crippen molar-refractivity contribution >= 4 is 5.96 Å². The van der Waals surface area contributed by atoms with E-state index in [1.165, 1.54) is 13.0 Å². The first-order valence-corrected chi connectivity index (χ1v) is 9.99. The topological polar surface area (TPSA) is 59.9 Å². The summed E-state index contributed by atoms with van der Waals surface area (Å²) in [5, 5.41) is 16.0. The molecule has 0 aliphatic rings. The van der Waals surface area contributed by atoms with Crippen molar-refractivity contribution in [1.82, 2.24) is 15.5 Å². The Morgan fingerprint density at radius 2 is 1.79 bits per heavy atom. The number of rotatable bonds is 14. The Morgan fingerprint density at radius 3 is 2.33 bits per heavy atom. The van der Waals surface area contributed by atoms with Gasteiger partial charge in [0.05, 0.1) is 0 Å². The average molecular weight is 343 g/mol. The molecule has 144 valence electrons. The van der Waals surface area contributed by atoms with Crippen molar-refractivity contribution in [1.29, 1.82) is 0 Å². The molecule has 0 spiro atoms. The summed E-state index contributed by atoms with van der Waals surface area (Å²) in [6.07, 6.45) is 5.47. The quantitative estimate of drug-likeness (QED) is 0.336. The van der Waals surface area contributed by atoms with Crippen molar-refractivity contribution in [3.05, 3.63) is 0 Å². The highest BCUT2D eigenvalue weighted by Crippen LogP contribution is 2.11. The Kier molecular flexibility index (Phi) is 15.2. The van der Waals surface area contributed by atoms with Crippen LogP contribution >= 0.6 is 0 Å². The van der Waals surface area contributed by atoms with Gasteiger partial charge in [0.2, 0.25) is 0 Å². The SMILES string of the molecule is CCCC(CCO)CN=C(NCC)NC(C)CCCN(CC)CC. The molecule has 0 aromatic heterocycles. The molecule has 0 rings (SSSR count). The number of aliphatic hydroxyl groups excluding tert-OH is 1. The van der Waals surface area contributed by atoms with Gasteiger partial charge in [-0.15, -0.1) is 0 Å². The fourth-order valence-corrected chi connectivity index (χ4v) is 2.92. The minimum atomic E-state index is 0.256. The van der Waals surface area contributed by atoms with E-state index in [2.05, 4.69) is 50.2 Å². The van der Waals surface area contributed by atoms with Crippen molar-refractivity contribution in [2.75, 3.05) is 39.3 Å². The first kappa shape index (κ1) is 23.2. The van der Waals surface area contributed by atoms with Crippen LogP contribution in [-0.2, 0) is 0 Å². The second-order valence-corrected chi connectivity index (χ2v) is 6.60. The second kappa shape index (κ2) is 15.7. The first-order chi connectivity index (χ1) is 11.6. The van der Waals surface area contributed by atoms with Crippen molar-refractivity contribution in [2.24, 2.45) is 10.9 Å². The fraction of sp³-hybridized carbons (Fsp3) is 0.947. The van der Waals surface area contributed by atoms with Crippen LogP contribution in [0.2, 0.25) is 0 Å². The lowest BCUT2D eigenvalue weighted by atomic mass is 10.0. The third-order valence-corrected chi connectivity index (χ3v) is 4.48. The van der Waals surface area contributed by atoms with E-state index in [4.69, 9.17) is 4.99 Å². The summed E-state index contributed by atoms with van der Waals surface area (Å²) in [6, 6.07) is 0.417. The number of nitrogens with zero attached hydrogens (tertiary/aromatic N) is 2. The summed E-state index contributed by atoms with van der Waals surface area (Å²) in [6.45, 7) is 16.3. The van der Waals surface area contributed by atoms with E-state index < -0.39 is 0 Å². The van der Waals surface area contributed by atoms with Crippen LogP contribution in [0.25, 0.3) is 0 Å². The number of hydrogen-bond acceptors (Lipinski definition) is 3. The Hall–Kier alpha value is -0.810. The lowest BCUT2D eigenvalue weighted by Gasteiger charge is -2.21. The van der Waals surface area contributed by atoms with Crippen molar-refractivity contribution in [3.8, 4) is 0 Å². The molecule has 0 heterocycles. The Balaban J connectivity index is 4.35. The van der Waals surface area contributed by atoms with Crippen molar-refractivity contribution < 1.29 is 5.11 Å². The van der Waals surface area contributed by atoms with Gasteiger partial charge in [-0.2, -0.15) is 0 Å². The molecule has 0 fully saturated rings. The van der Waals surface area contributed by atoms with Crippen LogP contribution in [0.1, 0.15) is 66.7 Å². The predicted molar refractivity (Wildman–Crippen MR) is 106 cm³/mol. The molecule has 0 bridgehead atoms. The number of aliphatic hydroxyl groups is 1. The molecule has 0 saturated heterocycles. The fourth-order valence-electron chi connectivity index (χ4n) is 2.92. The van der Waals surface area contributed by atoms with E-state index in [1.807, 2.05) is 0 Å². The molecule has 2 atom stereocenters. The lowest BCUT2D eigenvalue weighted by molar-refractivity contribution is 0.253. The molecule has 0 amide bonds. The summed E-state index contributed by atoms with van der Waals surface area (Å²) < 4.78 is 0. The van der Waals surface area contributed by atoms with Gasteiger partial charge in [0, 0.05) is 25.7 Å². The van der Waals surface area contributed by atoms with Gasteiger partial charge in [-0.3, -0.25) is 4.99 Å². The summed E-state index contributed by atoms with van der Waals surface area (Å²) in [7, 11) is 0. The summed E-state index contributed by atoms with van der Waals surface area (Å²) in [5.41, 5.74) is 0. The van der Waals surface area contributed by atoms with Gasteiger partial charge >= 0.3 is 0 Å². The highest BCUT2D eigenvalue weighted by molar-refractivity contribution is 5.80. The van der Waals surface area contributed by atoms with E-state index >= 15 is 0 Å². The van der Waals surface area contributed by atoms with E-state index in [-0.39, 0.29) is 6.61 Å². The highest BCUT2D eigenvalue weighted by Gasteiger charge is 2.09. The van der Waals surface area contributed by atoms with Crippen LogP contribution in [0.4, 0.5) is 0 Å². The third-order valence-electron chi connectivity index (χ3n) is 4.48. The van der Waals surface area contributed by atoms with Gasteiger partial charge < -0.3 is 20.6 Å². The first-order valence-electron chi connectivity index (χ1n) is 9.99. The maximum absolute atomic E-state index is 9.18. The largest absolute Gasteiger partial charge is 0.396 e. The number of nitrogens with one attached hydrogen (secondary N) is 2. The molecular formula is C19H42N4O. The molecule has 2 unspecified atom stereocenters. The van der Waals surface area contributed by atoms with Crippen LogP contribution in [0.15, 0.2) is 4.99 Å². The molecular weight excluding hydrogens is 300 g/mol. The standard InChI is InChI=1S/C19H42N4O/c1-6-11-18(13-15-24)16-21-19(20-7-2)22-17(5)12-10-14-23(8-3)9-4/h17-18,24H,6-16H2,1-5H3,(H2,20,21,22). The average Bonchev–Trinajstić information content (AvgIpc) is 2.57. The summed E-state index contributed by atoms with van der Waals surface area (Å²) in [5.74, 6) is 1.39. The van der Waals surface area contributed by atoms with Gasteiger partial charge in [0.15, 0.2) is 5.96 Å². The maximum atomic E-state index is 9.18. The molecule has 0 aromatic rings. The zero-order valence-corrected chi connectivity index (χ0v) is 16.8. The second-order valence-electron chi connectivity index (χ2n) is 6.60. The van der Waals surface area contributed by atoms with Crippen LogP contribution < -0.4 is 10.6 Å². The molecule has 0 aliphatic heterocycles. The zero-order valence-electron chi connectivity index (χ0n) is 16.8. The van der Waals surface area contributed by atoms with E-state index in [1.54, 1.807) is 0 Å². The smallest absolute Gasteiger partial charge is 0.191 e. The lowest BCUT2D eigenvalue weighted by Crippen LogP contribution is -2.42. The summed E-state index contributed by atoms with van der Waals surface area (Å²) >= 11 is 0. The van der Waals surface area contributed by atoms with Crippen LogP contribution in [0.5, 0.6) is 0 Å². The van der Waals surface area contributed by atoms with Crippen LogP contribution in [0, 0.1) is 5.92 Å². The predicted octanol–water partition coefficient (Wildman–Crippen LogP) is 2.85. The van der Waals surface area contributed by atoms with Crippen molar-refractivity contribution in [3.63, 3.8) is 0 Å². The number of aliphatic imine (C=N–C) groups is 1. The number of hydrogen-bond donors (Lipinski definition) is 3. The van der Waals surface area contributed by atoms with Crippen LogP contribution in [-0.4, -0.2) is 61.3 Å². The molecule has 0 radical (unpaired) electrons. The van der Waals surface area contributed by atoms with E-state index in [0.717, 1.165) is 57.8 Å². The van der Waals surface area contributed by atoms with E-state index in [0.29, 0.717) is 12.0 Å². The Labute approximate surface area is 150 Å². The highest BCUT2D eigenvalue weighted by atomic mass is 16.3. The monoisotopic (exact) mass is 342 g/mol. The zero-order chi connectivity index (χ0) is 18.2. The van der Waals surface area contributed by atoms with Gasteiger partial charge in [-0.1, -0.05) is 27.2 Å². The normalized spacial score (nSPS) is 14.7. The molecule has 5 nitrogen and oxygen atoms in total.